The number of fused-ring (bicyclic) bond motifs is 6. The van der Waals surface area contributed by atoms with Crippen LogP contribution < -0.4 is 32.0 Å². The van der Waals surface area contributed by atoms with Crippen LogP contribution in [0.1, 0.15) is 95.1 Å². The summed E-state index contributed by atoms with van der Waals surface area (Å²) in [4.78, 5) is 27.3. The van der Waals surface area contributed by atoms with Crippen molar-refractivity contribution in [3.8, 4) is 11.5 Å². The summed E-state index contributed by atoms with van der Waals surface area (Å²) in [7, 11) is 3.35. The molecule has 22 heteroatoms. The van der Waals surface area contributed by atoms with Crippen molar-refractivity contribution >= 4 is 105 Å². The topological polar surface area (TPSA) is 259 Å². The summed E-state index contributed by atoms with van der Waals surface area (Å²) in [5.74, 6) is 3.25. The molecular weight excluding hydrogens is 1280 g/mol. The molecular formula is C67H77Br2ClN12O7. The highest BCUT2D eigenvalue weighted by atomic mass is 79.9. The van der Waals surface area contributed by atoms with E-state index in [-0.39, 0.29) is 55.6 Å². The maximum atomic E-state index is 6.49. The van der Waals surface area contributed by atoms with Crippen molar-refractivity contribution in [2.45, 2.75) is 135 Å². The Morgan fingerprint density at radius 3 is 1.45 bits per heavy atom. The van der Waals surface area contributed by atoms with Gasteiger partial charge < -0.3 is 65.5 Å². The van der Waals surface area contributed by atoms with E-state index in [0.29, 0.717) is 35.9 Å². The average Bonchev–Trinajstić information content (AvgIpc) is 1.68. The average molecular weight is 1360 g/mol. The quantitative estimate of drug-likeness (QED) is 0.0656. The number of hydrogen-bond donors (Lipinski definition) is 4. The van der Waals surface area contributed by atoms with Crippen LogP contribution in [0.4, 0.5) is 17.5 Å². The monoisotopic (exact) mass is 1350 g/mol. The van der Waals surface area contributed by atoms with E-state index in [1.165, 1.54) is 23.8 Å². The van der Waals surface area contributed by atoms with E-state index in [2.05, 4.69) is 157 Å². The summed E-state index contributed by atoms with van der Waals surface area (Å²) >= 11 is 13.8. The summed E-state index contributed by atoms with van der Waals surface area (Å²) in [6.07, 6.45) is 12.8. The van der Waals surface area contributed by atoms with Crippen LogP contribution in [0.3, 0.4) is 0 Å². The van der Waals surface area contributed by atoms with Crippen LogP contribution in [0.2, 0.25) is 5.15 Å². The Morgan fingerprint density at radius 1 is 0.573 bits per heavy atom. The van der Waals surface area contributed by atoms with E-state index in [4.69, 9.17) is 55.7 Å². The fourth-order valence-electron chi connectivity index (χ4n) is 13.2. The van der Waals surface area contributed by atoms with Crippen molar-refractivity contribution in [2.24, 2.45) is 11.8 Å². The molecule has 8 heterocycles. The number of nitrogens with zero attached hydrogens (tertiary/aromatic N) is 8. The van der Waals surface area contributed by atoms with E-state index in [1.807, 2.05) is 64.1 Å². The first-order valence-electron chi connectivity index (χ1n) is 29.2. The standard InChI is InChI=1S/C33H33BrClN5O3.C33H35BrN6O3.CH4.H3N.H2O/c2*1-33(2)42-28-22(16-27(29(28)43-33)40-13-12-24-30(35)37-18-38-32(24)40)9-5-19-4-8-21-15-25(34)31(39-26(21)14-19)36-17-20-6-10-23(41-3)11-7-20;;;/h4,6-8,10-15,18,22,27-29H,5,9,16-17H2,1-3H3,(H,36,39);4,6-8,10-15,18,22,27-29H,5,9,16-17H2,1-3H3,(H,36,39)(H2,35,37,38);1H4;1H3;1H2/t2*22-,27+,28+,29-;;;/m00.../s1. The smallest absolute Gasteiger partial charge is 0.163 e. The van der Waals surface area contributed by atoms with Crippen LogP contribution >= 0.6 is 43.5 Å². The second-order valence-corrected chi connectivity index (χ2v) is 25.8. The van der Waals surface area contributed by atoms with Gasteiger partial charge in [0.05, 0.1) is 69.3 Å². The molecule has 14 rings (SSSR count). The second-order valence-electron chi connectivity index (χ2n) is 23.8. The van der Waals surface area contributed by atoms with Gasteiger partial charge in [0.25, 0.3) is 0 Å². The molecule has 2 saturated carbocycles. The first-order valence-corrected chi connectivity index (χ1v) is 31.2. The van der Waals surface area contributed by atoms with Gasteiger partial charge in [-0.15, -0.1) is 0 Å². The summed E-state index contributed by atoms with van der Waals surface area (Å²) < 4.78 is 42.7. The third-order valence-electron chi connectivity index (χ3n) is 17.3. The van der Waals surface area contributed by atoms with Gasteiger partial charge in [0.15, 0.2) is 11.6 Å². The van der Waals surface area contributed by atoms with Crippen LogP contribution in [0.25, 0.3) is 43.9 Å². The lowest BCUT2D eigenvalue weighted by Crippen LogP contribution is -2.27. The number of hydrogen-bond acceptors (Lipinski definition) is 16. The lowest BCUT2D eigenvalue weighted by atomic mass is 9.95. The molecule has 9 N–H and O–H groups in total. The highest BCUT2D eigenvalue weighted by Gasteiger charge is 2.56. The maximum Gasteiger partial charge on any atom is 0.163 e. The highest BCUT2D eigenvalue weighted by Crippen LogP contribution is 2.51. The van der Waals surface area contributed by atoms with E-state index in [0.717, 1.165) is 126 Å². The van der Waals surface area contributed by atoms with E-state index in [9.17, 15) is 0 Å². The number of nitrogens with two attached hydrogens (primary N) is 1. The Labute approximate surface area is 539 Å². The van der Waals surface area contributed by atoms with Crippen molar-refractivity contribution in [3.05, 3.63) is 171 Å². The number of aromatic nitrogens is 8. The lowest BCUT2D eigenvalue weighted by Gasteiger charge is -2.24. The van der Waals surface area contributed by atoms with Gasteiger partial charge >= 0.3 is 0 Å². The predicted octanol–water partition coefficient (Wildman–Crippen LogP) is 14.4. The predicted molar refractivity (Wildman–Crippen MR) is 358 cm³/mol. The third-order valence-corrected chi connectivity index (χ3v) is 18.8. The number of halogens is 3. The van der Waals surface area contributed by atoms with Crippen LogP contribution in [0.5, 0.6) is 11.5 Å². The van der Waals surface area contributed by atoms with Gasteiger partial charge in [-0.1, -0.05) is 67.6 Å². The number of ether oxygens (including phenoxy) is 6. The zero-order chi connectivity index (χ0) is 59.4. The Hall–Kier alpha value is -7.05. The Balaban J connectivity index is 0.000000190. The number of aryl methyl sites for hydroxylation is 2. The largest absolute Gasteiger partial charge is 0.497 e. The molecule has 4 aromatic carbocycles. The molecule has 0 unspecified atom stereocenters. The number of benzene rings is 4. The lowest BCUT2D eigenvalue weighted by molar-refractivity contribution is -0.160. The minimum absolute atomic E-state index is 0. The summed E-state index contributed by atoms with van der Waals surface area (Å²) in [6, 6.07) is 37.7. The molecule has 0 bridgehead atoms. The summed E-state index contributed by atoms with van der Waals surface area (Å²) in [5.41, 5.74) is 14.6. The van der Waals surface area contributed by atoms with Gasteiger partial charge in [0.2, 0.25) is 0 Å². The molecule has 8 atom stereocenters. The number of nitrogens with one attached hydrogen (secondary N) is 2. The van der Waals surface area contributed by atoms with Crippen LogP contribution in [-0.4, -0.2) is 94.7 Å². The van der Waals surface area contributed by atoms with Gasteiger partial charge in [-0.25, -0.2) is 29.9 Å². The molecule has 0 radical (unpaired) electrons. The molecule has 6 aromatic heterocycles. The molecule has 19 nitrogen and oxygen atoms in total. The molecule has 2 aliphatic carbocycles. The van der Waals surface area contributed by atoms with Gasteiger partial charge in [0.1, 0.15) is 70.3 Å². The molecule has 2 saturated heterocycles. The van der Waals surface area contributed by atoms with Crippen LogP contribution in [0.15, 0.2) is 143 Å². The Kier molecular flexibility index (Phi) is 19.5. The van der Waals surface area contributed by atoms with Crippen molar-refractivity contribution in [1.82, 2.24) is 45.2 Å². The molecule has 0 amide bonds. The second kappa shape index (κ2) is 26.8. The van der Waals surface area contributed by atoms with E-state index < -0.39 is 11.6 Å². The van der Waals surface area contributed by atoms with Gasteiger partial charge in [-0.3, -0.25) is 0 Å². The highest BCUT2D eigenvalue weighted by molar-refractivity contribution is 9.11. The number of pyridine rings is 2. The normalized spacial score (nSPS) is 21.9. The summed E-state index contributed by atoms with van der Waals surface area (Å²) in [5, 5.41) is 11.3. The molecule has 4 fully saturated rings. The van der Waals surface area contributed by atoms with Crippen molar-refractivity contribution in [3.63, 3.8) is 0 Å². The Bertz CT molecular complexity index is 3850. The van der Waals surface area contributed by atoms with Crippen molar-refractivity contribution in [2.75, 3.05) is 30.6 Å². The summed E-state index contributed by atoms with van der Waals surface area (Å²) in [6.45, 7) is 9.33. The fraction of sp³-hybridized carbons (Fsp3) is 0.373. The zero-order valence-electron chi connectivity index (χ0n) is 49.9. The molecule has 4 aliphatic rings. The molecule has 2 aliphatic heterocycles. The van der Waals surface area contributed by atoms with Crippen molar-refractivity contribution < 1.29 is 33.9 Å². The molecule has 468 valence electrons. The molecule has 0 spiro atoms. The SMILES string of the molecule is C.COc1ccc(CNc2nc3cc(CC[C@H]4C[C@@H](n5ccc6c(Cl)ncnc65)[C@@H]5OC(C)(C)O[C@H]45)ccc3cc2Br)cc1.COc1ccc(CNc2nc3cc(CC[C@H]4C[C@@H](n5ccc6c(N)ncnc65)[C@@H]5OC(C)(C)O[C@H]45)ccc3cc2Br)cc1.N.O. The van der Waals surface area contributed by atoms with Crippen molar-refractivity contribution in [1.29, 1.82) is 0 Å². The van der Waals surface area contributed by atoms with Gasteiger partial charge in [-0.2, -0.15) is 0 Å². The Morgan fingerprint density at radius 2 is 0.989 bits per heavy atom. The van der Waals surface area contributed by atoms with Crippen LogP contribution in [-0.2, 0) is 44.9 Å². The van der Waals surface area contributed by atoms with Crippen LogP contribution in [0, 0.1) is 11.8 Å². The first-order chi connectivity index (χ1) is 41.6. The minimum atomic E-state index is -0.628. The van der Waals surface area contributed by atoms with E-state index in [1.54, 1.807) is 14.2 Å². The number of anilines is 3. The molecule has 10 aromatic rings. The minimum Gasteiger partial charge on any atom is -0.497 e. The zero-order valence-corrected chi connectivity index (χ0v) is 53.9. The third kappa shape index (κ3) is 13.6. The number of nitrogen functional groups attached to an aromatic ring is 1. The molecule has 89 heavy (non-hydrogen) atoms. The van der Waals surface area contributed by atoms with Gasteiger partial charge in [0, 0.05) is 36.3 Å². The van der Waals surface area contributed by atoms with E-state index >= 15 is 0 Å². The van der Waals surface area contributed by atoms with Gasteiger partial charge in [-0.05, 0) is 193 Å². The maximum absolute atomic E-state index is 6.49. The number of rotatable bonds is 16. The first kappa shape index (κ1) is 64.9. The fourth-order valence-corrected chi connectivity index (χ4v) is 14.3. The number of methoxy groups -OCH3 is 2.